The van der Waals surface area contributed by atoms with Crippen LogP contribution in [0, 0.1) is 6.92 Å². The Bertz CT molecular complexity index is 1230. The molecule has 0 aliphatic carbocycles. The zero-order chi connectivity index (χ0) is 22.1. The van der Waals surface area contributed by atoms with Gasteiger partial charge in [0.15, 0.2) is 0 Å². The summed E-state index contributed by atoms with van der Waals surface area (Å²) in [5.74, 6) is 0.144. The first-order chi connectivity index (χ1) is 15.7. The molecule has 2 heterocycles. The molecule has 1 aliphatic heterocycles. The van der Waals surface area contributed by atoms with Crippen molar-refractivity contribution in [3.8, 4) is 0 Å². The Morgan fingerprint density at radius 3 is 2.47 bits per heavy atom. The summed E-state index contributed by atoms with van der Waals surface area (Å²) in [5.41, 5.74) is 6.81. The SMILES string of the molecule is COC1CN(C(=O)CCc2ccccc2)C(c2ccc(C)cc2)c2[nH]c3ccccc3c21. The molecule has 0 saturated carbocycles. The summed E-state index contributed by atoms with van der Waals surface area (Å²) < 4.78 is 5.92. The van der Waals surface area contributed by atoms with E-state index in [-0.39, 0.29) is 18.1 Å². The van der Waals surface area contributed by atoms with E-state index in [2.05, 4.69) is 66.5 Å². The van der Waals surface area contributed by atoms with Crippen LogP contribution >= 0.6 is 0 Å². The molecular weight excluding hydrogens is 396 g/mol. The minimum atomic E-state index is -0.163. The van der Waals surface area contributed by atoms with Crippen molar-refractivity contribution in [3.63, 3.8) is 0 Å². The van der Waals surface area contributed by atoms with Gasteiger partial charge in [-0.1, -0.05) is 78.4 Å². The first-order valence-electron chi connectivity index (χ1n) is 11.2. The van der Waals surface area contributed by atoms with E-state index >= 15 is 0 Å². The van der Waals surface area contributed by atoms with Gasteiger partial charge in [0.2, 0.25) is 5.91 Å². The zero-order valence-electron chi connectivity index (χ0n) is 18.5. The average molecular weight is 425 g/mol. The molecule has 32 heavy (non-hydrogen) atoms. The predicted octanol–water partition coefficient (Wildman–Crippen LogP) is 5.73. The Hall–Kier alpha value is -3.37. The number of carbonyl (C=O) groups excluding carboxylic acids is 1. The van der Waals surface area contributed by atoms with E-state index in [1.165, 1.54) is 22.1 Å². The number of methoxy groups -OCH3 is 1. The molecule has 2 atom stereocenters. The number of H-pyrrole nitrogens is 1. The highest BCUT2D eigenvalue weighted by atomic mass is 16.5. The molecule has 4 nitrogen and oxygen atoms in total. The fraction of sp³-hybridized carbons (Fsp3) is 0.250. The second-order valence-electron chi connectivity index (χ2n) is 8.57. The van der Waals surface area contributed by atoms with Gasteiger partial charge in [-0.25, -0.2) is 0 Å². The summed E-state index contributed by atoms with van der Waals surface area (Å²) >= 11 is 0. The van der Waals surface area contributed by atoms with Crippen molar-refractivity contribution >= 4 is 16.8 Å². The van der Waals surface area contributed by atoms with Crippen LogP contribution < -0.4 is 0 Å². The number of benzene rings is 3. The van der Waals surface area contributed by atoms with E-state index in [4.69, 9.17) is 4.74 Å². The van der Waals surface area contributed by atoms with Crippen LogP contribution in [0.5, 0.6) is 0 Å². The summed E-state index contributed by atoms with van der Waals surface area (Å²) in [5, 5.41) is 1.17. The van der Waals surface area contributed by atoms with Crippen LogP contribution in [0.25, 0.3) is 10.9 Å². The van der Waals surface area contributed by atoms with Gasteiger partial charge in [0.1, 0.15) is 6.10 Å². The minimum Gasteiger partial charge on any atom is -0.375 e. The molecule has 2 unspecified atom stereocenters. The van der Waals surface area contributed by atoms with E-state index in [9.17, 15) is 4.79 Å². The number of nitrogens with zero attached hydrogens (tertiary/aromatic N) is 1. The fourth-order valence-corrected chi connectivity index (χ4v) is 4.85. The topological polar surface area (TPSA) is 45.3 Å². The fourth-order valence-electron chi connectivity index (χ4n) is 4.85. The van der Waals surface area contributed by atoms with Crippen molar-refractivity contribution < 1.29 is 9.53 Å². The molecule has 4 aromatic rings. The lowest BCUT2D eigenvalue weighted by Gasteiger charge is -2.39. The number of aryl methyl sites for hydroxylation is 2. The third-order valence-electron chi connectivity index (χ3n) is 6.51. The lowest BCUT2D eigenvalue weighted by Crippen LogP contribution is -2.43. The first-order valence-corrected chi connectivity index (χ1v) is 11.2. The third kappa shape index (κ3) is 3.71. The van der Waals surface area contributed by atoms with Crippen molar-refractivity contribution in [2.75, 3.05) is 13.7 Å². The van der Waals surface area contributed by atoms with Crippen LogP contribution in [0.4, 0.5) is 0 Å². The molecule has 0 bridgehead atoms. The Morgan fingerprint density at radius 2 is 1.72 bits per heavy atom. The Kier molecular flexibility index (Phi) is 5.54. The van der Waals surface area contributed by atoms with Crippen molar-refractivity contribution in [1.29, 1.82) is 0 Å². The summed E-state index contributed by atoms with van der Waals surface area (Å²) in [7, 11) is 1.73. The number of rotatable bonds is 5. The number of para-hydroxylation sites is 1. The molecule has 0 spiro atoms. The van der Waals surface area contributed by atoms with Crippen LogP contribution in [-0.4, -0.2) is 29.4 Å². The van der Waals surface area contributed by atoms with Gasteiger partial charge in [-0.15, -0.1) is 0 Å². The quantitative estimate of drug-likeness (QED) is 0.445. The van der Waals surface area contributed by atoms with Crippen molar-refractivity contribution in [2.45, 2.75) is 31.9 Å². The number of carbonyl (C=O) groups is 1. The van der Waals surface area contributed by atoms with Gasteiger partial charge < -0.3 is 14.6 Å². The molecule has 0 saturated heterocycles. The van der Waals surface area contributed by atoms with Crippen molar-refractivity contribution in [2.24, 2.45) is 0 Å². The maximum absolute atomic E-state index is 13.6. The second kappa shape index (κ2) is 8.64. The molecule has 1 amide bonds. The molecule has 0 radical (unpaired) electrons. The smallest absolute Gasteiger partial charge is 0.223 e. The van der Waals surface area contributed by atoms with Crippen LogP contribution in [0.15, 0.2) is 78.9 Å². The maximum atomic E-state index is 13.6. The van der Waals surface area contributed by atoms with Gasteiger partial charge in [-0.3, -0.25) is 4.79 Å². The largest absolute Gasteiger partial charge is 0.375 e. The van der Waals surface area contributed by atoms with Gasteiger partial charge in [-0.2, -0.15) is 0 Å². The summed E-state index contributed by atoms with van der Waals surface area (Å²) in [6, 6.07) is 26.9. The van der Waals surface area contributed by atoms with Crippen LogP contribution in [0.1, 0.15) is 46.5 Å². The van der Waals surface area contributed by atoms with Crippen LogP contribution in [-0.2, 0) is 16.0 Å². The van der Waals surface area contributed by atoms with E-state index in [1.54, 1.807) is 7.11 Å². The normalized spacial score (nSPS) is 18.0. The van der Waals surface area contributed by atoms with E-state index in [0.29, 0.717) is 13.0 Å². The second-order valence-corrected chi connectivity index (χ2v) is 8.57. The average Bonchev–Trinajstić information content (AvgIpc) is 3.22. The highest BCUT2D eigenvalue weighted by molar-refractivity contribution is 5.87. The molecule has 1 aromatic heterocycles. The van der Waals surface area contributed by atoms with Gasteiger partial charge in [0.05, 0.1) is 12.6 Å². The molecule has 3 aromatic carbocycles. The Labute approximate surface area is 188 Å². The van der Waals surface area contributed by atoms with Gasteiger partial charge in [0.25, 0.3) is 0 Å². The number of hydrogen-bond donors (Lipinski definition) is 1. The molecule has 0 fully saturated rings. The van der Waals surface area contributed by atoms with E-state index in [1.807, 2.05) is 29.2 Å². The van der Waals surface area contributed by atoms with Crippen molar-refractivity contribution in [3.05, 3.63) is 107 Å². The zero-order valence-corrected chi connectivity index (χ0v) is 18.5. The highest BCUT2D eigenvalue weighted by Crippen LogP contribution is 2.43. The number of amides is 1. The van der Waals surface area contributed by atoms with Crippen molar-refractivity contribution in [1.82, 2.24) is 9.88 Å². The third-order valence-corrected chi connectivity index (χ3v) is 6.51. The first kappa shape index (κ1) is 20.5. The number of fused-ring (bicyclic) bond motifs is 3. The van der Waals surface area contributed by atoms with E-state index < -0.39 is 0 Å². The molecule has 162 valence electrons. The standard InChI is InChI=1S/C28H28N2O2/c1-19-12-15-21(16-13-19)28-27-26(22-10-6-7-11-23(22)29-27)24(32-2)18-30(28)25(31)17-14-20-8-4-3-5-9-20/h3-13,15-16,24,28-29H,14,17-18H2,1-2H3. The highest BCUT2D eigenvalue weighted by Gasteiger charge is 2.39. The summed E-state index contributed by atoms with van der Waals surface area (Å²) in [4.78, 5) is 19.2. The van der Waals surface area contributed by atoms with E-state index in [0.717, 1.165) is 23.2 Å². The number of ether oxygens (including phenoxy) is 1. The molecule has 4 heteroatoms. The number of nitrogens with one attached hydrogen (secondary N) is 1. The minimum absolute atomic E-state index is 0.144. The lowest BCUT2D eigenvalue weighted by molar-refractivity contribution is -0.135. The monoisotopic (exact) mass is 424 g/mol. The summed E-state index contributed by atoms with van der Waals surface area (Å²) in [6.07, 6.45) is 1.04. The predicted molar refractivity (Wildman–Crippen MR) is 128 cm³/mol. The van der Waals surface area contributed by atoms with Crippen LogP contribution in [0.2, 0.25) is 0 Å². The van der Waals surface area contributed by atoms with Gasteiger partial charge in [0, 0.05) is 35.7 Å². The lowest BCUT2D eigenvalue weighted by atomic mass is 9.90. The van der Waals surface area contributed by atoms with Gasteiger partial charge in [-0.05, 0) is 30.5 Å². The number of aromatic amines is 1. The van der Waals surface area contributed by atoms with Gasteiger partial charge >= 0.3 is 0 Å². The molecule has 1 N–H and O–H groups in total. The molecular formula is C28H28N2O2. The number of hydrogen-bond acceptors (Lipinski definition) is 2. The van der Waals surface area contributed by atoms with Crippen LogP contribution in [0.3, 0.4) is 0 Å². The maximum Gasteiger partial charge on any atom is 0.223 e. The molecule has 1 aliphatic rings. The molecule has 5 rings (SSSR count). The Balaban J connectivity index is 1.57. The summed E-state index contributed by atoms with van der Waals surface area (Å²) in [6.45, 7) is 2.63. The Morgan fingerprint density at radius 1 is 1.00 bits per heavy atom. The number of aromatic nitrogens is 1.